The lowest BCUT2D eigenvalue weighted by Crippen LogP contribution is -2.25. The standard InChI is InChI=1S/C14H19N3O3/c1-8(2)3-4-13(18)16-10-6-11-12(5-9(10)15)20-7-14(19)17-11/h5-6,8H,3-4,7,15H2,1-2H3,(H,16,18)(H,17,19). The van der Waals surface area contributed by atoms with Crippen LogP contribution in [0.2, 0.25) is 0 Å². The largest absolute Gasteiger partial charge is 0.482 e. The molecule has 1 aromatic carbocycles. The van der Waals surface area contributed by atoms with Crippen molar-refractivity contribution < 1.29 is 14.3 Å². The molecule has 20 heavy (non-hydrogen) atoms. The first-order valence-corrected chi connectivity index (χ1v) is 6.61. The molecule has 1 heterocycles. The lowest BCUT2D eigenvalue weighted by atomic mass is 10.1. The van der Waals surface area contributed by atoms with Gasteiger partial charge in [0.05, 0.1) is 17.1 Å². The number of amides is 2. The number of ether oxygens (including phenoxy) is 1. The number of hydrogen-bond acceptors (Lipinski definition) is 4. The van der Waals surface area contributed by atoms with E-state index in [1.807, 2.05) is 0 Å². The van der Waals surface area contributed by atoms with Gasteiger partial charge >= 0.3 is 0 Å². The molecule has 0 aliphatic carbocycles. The van der Waals surface area contributed by atoms with Gasteiger partial charge in [0.2, 0.25) is 5.91 Å². The van der Waals surface area contributed by atoms with E-state index < -0.39 is 0 Å². The predicted octanol–water partition coefficient (Wildman–Crippen LogP) is 1.97. The molecule has 108 valence electrons. The van der Waals surface area contributed by atoms with E-state index in [0.717, 1.165) is 6.42 Å². The molecule has 2 amide bonds. The van der Waals surface area contributed by atoms with Crippen LogP contribution < -0.4 is 21.1 Å². The topological polar surface area (TPSA) is 93.5 Å². The molecular formula is C14H19N3O3. The van der Waals surface area contributed by atoms with Crippen LogP contribution >= 0.6 is 0 Å². The number of carbonyl (C=O) groups excluding carboxylic acids is 2. The second-order valence-electron chi connectivity index (χ2n) is 5.25. The van der Waals surface area contributed by atoms with Gasteiger partial charge in [-0.15, -0.1) is 0 Å². The van der Waals surface area contributed by atoms with E-state index in [0.29, 0.717) is 35.2 Å². The summed E-state index contributed by atoms with van der Waals surface area (Å²) < 4.78 is 5.25. The van der Waals surface area contributed by atoms with Crippen molar-refractivity contribution in [3.05, 3.63) is 12.1 Å². The second kappa shape index (κ2) is 5.81. The summed E-state index contributed by atoms with van der Waals surface area (Å²) >= 11 is 0. The van der Waals surface area contributed by atoms with Gasteiger partial charge in [0.1, 0.15) is 5.75 Å². The average Bonchev–Trinajstić information content (AvgIpc) is 2.38. The van der Waals surface area contributed by atoms with Gasteiger partial charge in [0.15, 0.2) is 6.61 Å². The summed E-state index contributed by atoms with van der Waals surface area (Å²) in [4.78, 5) is 23.1. The normalized spacial score (nSPS) is 13.4. The van der Waals surface area contributed by atoms with E-state index in [4.69, 9.17) is 10.5 Å². The molecule has 0 fully saturated rings. The minimum Gasteiger partial charge on any atom is -0.482 e. The van der Waals surface area contributed by atoms with Gasteiger partial charge in [-0.25, -0.2) is 0 Å². The van der Waals surface area contributed by atoms with Crippen molar-refractivity contribution in [2.45, 2.75) is 26.7 Å². The SMILES string of the molecule is CC(C)CCC(=O)Nc1cc2c(cc1N)OCC(=O)N2. The summed E-state index contributed by atoms with van der Waals surface area (Å²) in [6.45, 7) is 4.10. The number of benzene rings is 1. The summed E-state index contributed by atoms with van der Waals surface area (Å²) in [5.74, 6) is 0.671. The van der Waals surface area contributed by atoms with Gasteiger partial charge in [-0.1, -0.05) is 13.8 Å². The molecule has 0 aromatic heterocycles. The first kappa shape index (κ1) is 14.2. The zero-order valence-electron chi connectivity index (χ0n) is 11.7. The van der Waals surface area contributed by atoms with Crippen molar-refractivity contribution in [1.29, 1.82) is 0 Å². The minimum absolute atomic E-state index is 0.0213. The average molecular weight is 277 g/mol. The van der Waals surface area contributed by atoms with Crippen molar-refractivity contribution in [3.8, 4) is 5.75 Å². The summed E-state index contributed by atoms with van der Waals surface area (Å²) in [6, 6.07) is 3.22. The molecule has 0 radical (unpaired) electrons. The van der Waals surface area contributed by atoms with E-state index >= 15 is 0 Å². The molecule has 2 rings (SSSR count). The van der Waals surface area contributed by atoms with Gasteiger partial charge in [0, 0.05) is 12.5 Å². The fourth-order valence-electron chi connectivity index (χ4n) is 1.88. The molecule has 0 unspecified atom stereocenters. The Morgan fingerprint density at radius 1 is 1.50 bits per heavy atom. The molecule has 1 aliphatic rings. The molecular weight excluding hydrogens is 258 g/mol. The third kappa shape index (κ3) is 3.40. The molecule has 0 spiro atoms. The van der Waals surface area contributed by atoms with Crippen LogP contribution in [0.25, 0.3) is 0 Å². The number of carbonyl (C=O) groups is 2. The monoisotopic (exact) mass is 277 g/mol. The van der Waals surface area contributed by atoms with E-state index in [-0.39, 0.29) is 18.4 Å². The molecule has 0 saturated carbocycles. The van der Waals surface area contributed by atoms with Crippen LogP contribution in [0.5, 0.6) is 5.75 Å². The Kier molecular flexibility index (Phi) is 4.12. The summed E-state index contributed by atoms with van der Waals surface area (Å²) in [7, 11) is 0. The summed E-state index contributed by atoms with van der Waals surface area (Å²) in [5.41, 5.74) is 7.30. The van der Waals surface area contributed by atoms with Gasteiger partial charge in [0.25, 0.3) is 5.91 Å². The van der Waals surface area contributed by atoms with Crippen LogP contribution in [0.4, 0.5) is 17.1 Å². The van der Waals surface area contributed by atoms with Crippen molar-refractivity contribution >= 4 is 28.9 Å². The maximum atomic E-state index is 11.8. The van der Waals surface area contributed by atoms with Crippen molar-refractivity contribution in [1.82, 2.24) is 0 Å². The maximum absolute atomic E-state index is 11.8. The lowest BCUT2D eigenvalue weighted by molar-refractivity contribution is -0.118. The zero-order chi connectivity index (χ0) is 14.7. The highest BCUT2D eigenvalue weighted by Gasteiger charge is 2.18. The van der Waals surface area contributed by atoms with E-state index in [1.165, 1.54) is 0 Å². The number of nitrogens with one attached hydrogen (secondary N) is 2. The smallest absolute Gasteiger partial charge is 0.262 e. The third-order valence-corrected chi connectivity index (χ3v) is 3.01. The highest BCUT2D eigenvalue weighted by Crippen LogP contribution is 2.35. The van der Waals surface area contributed by atoms with Crippen molar-refractivity contribution in [2.75, 3.05) is 23.0 Å². The van der Waals surface area contributed by atoms with E-state index in [1.54, 1.807) is 12.1 Å². The molecule has 6 heteroatoms. The molecule has 4 N–H and O–H groups in total. The van der Waals surface area contributed by atoms with Crippen LogP contribution in [-0.4, -0.2) is 18.4 Å². The number of fused-ring (bicyclic) bond motifs is 1. The Bertz CT molecular complexity index is 541. The van der Waals surface area contributed by atoms with Crippen LogP contribution in [0.1, 0.15) is 26.7 Å². The zero-order valence-corrected chi connectivity index (χ0v) is 11.7. The van der Waals surface area contributed by atoms with Gasteiger partial charge < -0.3 is 21.1 Å². The molecule has 1 aromatic rings. The Balaban J connectivity index is 2.10. The maximum Gasteiger partial charge on any atom is 0.262 e. The van der Waals surface area contributed by atoms with Crippen molar-refractivity contribution in [2.24, 2.45) is 5.92 Å². The van der Waals surface area contributed by atoms with E-state index in [2.05, 4.69) is 24.5 Å². The van der Waals surface area contributed by atoms with Crippen molar-refractivity contribution in [3.63, 3.8) is 0 Å². The van der Waals surface area contributed by atoms with Crippen LogP contribution in [0.15, 0.2) is 12.1 Å². The Hall–Kier alpha value is -2.24. The quantitative estimate of drug-likeness (QED) is 0.733. The first-order chi connectivity index (χ1) is 9.45. The fraction of sp³-hybridized carbons (Fsp3) is 0.429. The number of hydrogen-bond donors (Lipinski definition) is 3. The summed E-state index contributed by atoms with van der Waals surface area (Å²) in [5, 5.41) is 5.44. The third-order valence-electron chi connectivity index (χ3n) is 3.01. The molecule has 0 atom stereocenters. The van der Waals surface area contributed by atoms with Gasteiger partial charge in [-0.2, -0.15) is 0 Å². The Morgan fingerprint density at radius 2 is 2.25 bits per heavy atom. The fourth-order valence-corrected chi connectivity index (χ4v) is 1.88. The van der Waals surface area contributed by atoms with E-state index in [9.17, 15) is 9.59 Å². The number of rotatable bonds is 4. The predicted molar refractivity (Wildman–Crippen MR) is 77.7 cm³/mol. The summed E-state index contributed by atoms with van der Waals surface area (Å²) in [6.07, 6.45) is 1.26. The number of nitrogens with two attached hydrogens (primary N) is 1. The van der Waals surface area contributed by atoms with Crippen LogP contribution in [0, 0.1) is 5.92 Å². The number of nitrogen functional groups attached to an aromatic ring is 1. The van der Waals surface area contributed by atoms with Crippen LogP contribution in [-0.2, 0) is 9.59 Å². The minimum atomic E-state index is -0.223. The molecule has 1 aliphatic heterocycles. The Labute approximate surface area is 117 Å². The molecule has 0 saturated heterocycles. The second-order valence-corrected chi connectivity index (χ2v) is 5.25. The Morgan fingerprint density at radius 3 is 2.95 bits per heavy atom. The highest BCUT2D eigenvalue weighted by molar-refractivity contribution is 6.00. The van der Waals surface area contributed by atoms with Gasteiger partial charge in [-0.05, 0) is 18.4 Å². The number of anilines is 3. The highest BCUT2D eigenvalue weighted by atomic mass is 16.5. The molecule has 0 bridgehead atoms. The lowest BCUT2D eigenvalue weighted by Gasteiger charge is -2.20. The molecule has 6 nitrogen and oxygen atoms in total. The first-order valence-electron chi connectivity index (χ1n) is 6.61. The van der Waals surface area contributed by atoms with Crippen LogP contribution in [0.3, 0.4) is 0 Å². The van der Waals surface area contributed by atoms with Gasteiger partial charge in [-0.3, -0.25) is 9.59 Å².